The fourth-order valence-corrected chi connectivity index (χ4v) is 1.88. The molecule has 2 aromatic carbocycles. The molecule has 0 saturated heterocycles. The third-order valence-corrected chi connectivity index (χ3v) is 3.03. The Balaban J connectivity index is 0.00000200. The number of ether oxygens (including phenoxy) is 1. The molecule has 0 spiro atoms. The molecule has 3 N–H and O–H groups in total. The van der Waals surface area contributed by atoms with Crippen LogP contribution in [0.15, 0.2) is 48.5 Å². The zero-order chi connectivity index (χ0) is 13.7. The number of benzene rings is 2. The van der Waals surface area contributed by atoms with E-state index in [1.807, 2.05) is 36.4 Å². The van der Waals surface area contributed by atoms with E-state index in [9.17, 15) is 0 Å². The minimum Gasteiger partial charge on any atom is -0.457 e. The van der Waals surface area contributed by atoms with Crippen molar-refractivity contribution in [3.8, 4) is 11.5 Å². The number of aliphatic hydroxyl groups excluding tert-OH is 1. The smallest absolute Gasteiger partial charge is 0.127 e. The van der Waals surface area contributed by atoms with E-state index in [0.717, 1.165) is 11.3 Å². The molecule has 1 atom stereocenters. The average Bonchev–Trinajstić information content (AvgIpc) is 2.42. The van der Waals surface area contributed by atoms with Gasteiger partial charge in [-0.15, -0.1) is 12.4 Å². The molecule has 0 aliphatic rings. The predicted molar refractivity (Wildman–Crippen MR) is 83.8 cm³/mol. The first kappa shape index (κ1) is 16.8. The standard InChI is InChI=1S/C15H16ClNO2.ClH/c16-12-4-6-13(7-5-12)19-14-3-1-2-11(10-14)15(17)8-9-18;/h1-7,10,15,18H,8-9,17H2;1H. The summed E-state index contributed by atoms with van der Waals surface area (Å²) < 4.78 is 5.73. The molecule has 20 heavy (non-hydrogen) atoms. The highest BCUT2D eigenvalue weighted by atomic mass is 35.5. The molecular formula is C15H17Cl2NO2. The van der Waals surface area contributed by atoms with Gasteiger partial charge in [-0.2, -0.15) is 0 Å². The van der Waals surface area contributed by atoms with E-state index in [1.165, 1.54) is 0 Å². The van der Waals surface area contributed by atoms with E-state index >= 15 is 0 Å². The quantitative estimate of drug-likeness (QED) is 0.879. The van der Waals surface area contributed by atoms with Crippen molar-refractivity contribution in [2.45, 2.75) is 12.5 Å². The van der Waals surface area contributed by atoms with E-state index in [1.54, 1.807) is 12.1 Å². The van der Waals surface area contributed by atoms with Gasteiger partial charge in [0, 0.05) is 17.7 Å². The number of aliphatic hydroxyl groups is 1. The maximum atomic E-state index is 8.90. The minimum absolute atomic E-state index is 0. The summed E-state index contributed by atoms with van der Waals surface area (Å²) in [6.07, 6.45) is 0.532. The van der Waals surface area contributed by atoms with E-state index in [4.69, 9.17) is 27.2 Å². The van der Waals surface area contributed by atoms with Gasteiger partial charge >= 0.3 is 0 Å². The van der Waals surface area contributed by atoms with Crippen LogP contribution in [0.2, 0.25) is 5.02 Å². The van der Waals surface area contributed by atoms with Gasteiger partial charge in [-0.1, -0.05) is 23.7 Å². The third kappa shape index (κ3) is 4.69. The van der Waals surface area contributed by atoms with Crippen LogP contribution in [-0.4, -0.2) is 11.7 Å². The van der Waals surface area contributed by atoms with E-state index in [0.29, 0.717) is 17.2 Å². The maximum Gasteiger partial charge on any atom is 0.127 e. The lowest BCUT2D eigenvalue weighted by Gasteiger charge is -2.12. The maximum absolute atomic E-state index is 8.90. The van der Waals surface area contributed by atoms with E-state index in [2.05, 4.69) is 0 Å². The SMILES string of the molecule is Cl.NC(CCO)c1cccc(Oc2ccc(Cl)cc2)c1. The Hall–Kier alpha value is -1.26. The monoisotopic (exact) mass is 313 g/mol. The first-order chi connectivity index (χ1) is 9.19. The van der Waals surface area contributed by atoms with Gasteiger partial charge in [0.05, 0.1) is 0 Å². The summed E-state index contributed by atoms with van der Waals surface area (Å²) in [5.41, 5.74) is 6.90. The van der Waals surface area contributed by atoms with Crippen LogP contribution in [0, 0.1) is 0 Å². The molecule has 3 nitrogen and oxygen atoms in total. The molecule has 108 valence electrons. The Bertz CT molecular complexity index is 532. The molecule has 0 aliphatic carbocycles. The molecule has 0 aromatic heterocycles. The summed E-state index contributed by atoms with van der Waals surface area (Å²) in [6.45, 7) is 0.0729. The first-order valence-electron chi connectivity index (χ1n) is 6.09. The van der Waals surface area contributed by atoms with Gasteiger partial charge in [0.1, 0.15) is 11.5 Å². The third-order valence-electron chi connectivity index (χ3n) is 2.78. The summed E-state index contributed by atoms with van der Waals surface area (Å²) >= 11 is 5.82. The van der Waals surface area contributed by atoms with Gasteiger partial charge in [0.2, 0.25) is 0 Å². The van der Waals surface area contributed by atoms with Gasteiger partial charge in [-0.25, -0.2) is 0 Å². The lowest BCUT2D eigenvalue weighted by molar-refractivity contribution is 0.276. The molecule has 2 rings (SSSR count). The van der Waals surface area contributed by atoms with Crippen molar-refractivity contribution in [1.29, 1.82) is 0 Å². The lowest BCUT2D eigenvalue weighted by Crippen LogP contribution is -2.11. The second kappa shape index (κ2) is 8.12. The zero-order valence-electron chi connectivity index (χ0n) is 10.8. The molecule has 0 aliphatic heterocycles. The molecule has 2 aromatic rings. The first-order valence-corrected chi connectivity index (χ1v) is 6.46. The van der Waals surface area contributed by atoms with Gasteiger partial charge in [0.25, 0.3) is 0 Å². The van der Waals surface area contributed by atoms with Crippen molar-refractivity contribution in [3.05, 3.63) is 59.1 Å². The summed E-state index contributed by atoms with van der Waals surface area (Å²) in [5.74, 6) is 1.44. The van der Waals surface area contributed by atoms with E-state index in [-0.39, 0.29) is 25.1 Å². The normalized spacial score (nSPS) is 11.6. The van der Waals surface area contributed by atoms with Crippen molar-refractivity contribution in [3.63, 3.8) is 0 Å². The fraction of sp³-hybridized carbons (Fsp3) is 0.200. The Morgan fingerprint density at radius 1 is 1.10 bits per heavy atom. The Morgan fingerprint density at radius 2 is 1.80 bits per heavy atom. The molecule has 0 heterocycles. The van der Waals surface area contributed by atoms with Gasteiger partial charge in [-0.3, -0.25) is 0 Å². The molecule has 0 fully saturated rings. The zero-order valence-corrected chi connectivity index (χ0v) is 12.4. The molecular weight excluding hydrogens is 297 g/mol. The van der Waals surface area contributed by atoms with Crippen LogP contribution in [0.1, 0.15) is 18.0 Å². The lowest BCUT2D eigenvalue weighted by atomic mass is 10.1. The number of hydrogen-bond donors (Lipinski definition) is 2. The topological polar surface area (TPSA) is 55.5 Å². The summed E-state index contributed by atoms with van der Waals surface area (Å²) in [4.78, 5) is 0. The molecule has 0 radical (unpaired) electrons. The van der Waals surface area contributed by atoms with Crippen molar-refractivity contribution >= 4 is 24.0 Å². The van der Waals surface area contributed by atoms with Gasteiger partial charge < -0.3 is 15.6 Å². The highest BCUT2D eigenvalue weighted by molar-refractivity contribution is 6.30. The highest BCUT2D eigenvalue weighted by Crippen LogP contribution is 2.25. The Morgan fingerprint density at radius 3 is 2.45 bits per heavy atom. The summed E-state index contributed by atoms with van der Waals surface area (Å²) in [7, 11) is 0. The van der Waals surface area contributed by atoms with E-state index < -0.39 is 0 Å². The van der Waals surface area contributed by atoms with Crippen LogP contribution >= 0.6 is 24.0 Å². The van der Waals surface area contributed by atoms with Gasteiger partial charge in [0.15, 0.2) is 0 Å². The van der Waals surface area contributed by atoms with Crippen LogP contribution in [0.5, 0.6) is 11.5 Å². The van der Waals surface area contributed by atoms with Crippen LogP contribution in [0.25, 0.3) is 0 Å². The molecule has 1 unspecified atom stereocenters. The number of hydrogen-bond acceptors (Lipinski definition) is 3. The van der Waals surface area contributed by atoms with Crippen LogP contribution in [-0.2, 0) is 0 Å². The fourth-order valence-electron chi connectivity index (χ4n) is 1.75. The Labute approximate surface area is 129 Å². The number of rotatable bonds is 5. The number of nitrogens with two attached hydrogens (primary N) is 1. The Kier molecular flexibility index (Phi) is 6.82. The van der Waals surface area contributed by atoms with Gasteiger partial charge in [-0.05, 0) is 48.4 Å². The van der Waals surface area contributed by atoms with Crippen molar-refractivity contribution in [2.24, 2.45) is 5.73 Å². The highest BCUT2D eigenvalue weighted by Gasteiger charge is 2.06. The van der Waals surface area contributed by atoms with Crippen molar-refractivity contribution in [2.75, 3.05) is 6.61 Å². The molecule has 0 bridgehead atoms. The second-order valence-electron chi connectivity index (χ2n) is 4.25. The van der Waals surface area contributed by atoms with Crippen LogP contribution < -0.4 is 10.5 Å². The summed E-state index contributed by atoms with van der Waals surface area (Å²) in [5, 5.41) is 9.58. The van der Waals surface area contributed by atoms with Crippen molar-refractivity contribution in [1.82, 2.24) is 0 Å². The molecule has 0 saturated carbocycles. The molecule has 0 amide bonds. The van der Waals surface area contributed by atoms with Crippen LogP contribution in [0.4, 0.5) is 0 Å². The predicted octanol–water partition coefficient (Wildman–Crippen LogP) is 3.94. The van der Waals surface area contributed by atoms with Crippen molar-refractivity contribution < 1.29 is 9.84 Å². The largest absolute Gasteiger partial charge is 0.457 e. The minimum atomic E-state index is -0.182. The average molecular weight is 314 g/mol. The number of halogens is 2. The second-order valence-corrected chi connectivity index (χ2v) is 4.68. The van der Waals surface area contributed by atoms with Crippen LogP contribution in [0.3, 0.4) is 0 Å². The molecule has 5 heteroatoms. The summed E-state index contributed by atoms with van der Waals surface area (Å²) in [6, 6.07) is 14.5.